The highest BCUT2D eigenvalue weighted by atomic mass is 16.5. The van der Waals surface area contributed by atoms with E-state index in [4.69, 9.17) is 19.9 Å². The number of esters is 1. The Balaban J connectivity index is 0.00000149. The zero-order valence-corrected chi connectivity index (χ0v) is 32.2. The van der Waals surface area contributed by atoms with Crippen LogP contribution in [0, 0.1) is 27.7 Å². The summed E-state index contributed by atoms with van der Waals surface area (Å²) in [5.41, 5.74) is 15.3. The number of ether oxygens (including phenoxy) is 5. The lowest BCUT2D eigenvalue weighted by molar-refractivity contribution is 0.0597. The second-order valence-electron chi connectivity index (χ2n) is 11.1. The molecule has 10 heteroatoms. The SMILES string of the molecule is C=Cc1cc(-c2c(C)c(-c3cc(C(=O)OC)c(O)cc3C)c(C)c(-c3cc(C=O)c(O)cc3OC)c2C)c(OC)cc1N.CC.COC.COC. The van der Waals surface area contributed by atoms with Crippen LogP contribution in [0.4, 0.5) is 5.69 Å². The number of aromatic hydroxyl groups is 2. The van der Waals surface area contributed by atoms with Crippen molar-refractivity contribution in [1.29, 1.82) is 0 Å². The number of aryl methyl sites for hydroxylation is 1. The minimum absolute atomic E-state index is 0.0232. The molecular weight excluding hydrogens is 650 g/mol. The molecular formula is C41H53NO9. The van der Waals surface area contributed by atoms with E-state index >= 15 is 0 Å². The average Bonchev–Trinajstić information content (AvgIpc) is 3.11. The number of benzene rings is 4. The van der Waals surface area contributed by atoms with Crippen molar-refractivity contribution in [2.75, 3.05) is 55.5 Å². The van der Waals surface area contributed by atoms with E-state index in [2.05, 4.69) is 16.1 Å². The Hall–Kier alpha value is -5.32. The zero-order valence-electron chi connectivity index (χ0n) is 32.2. The first-order valence-electron chi connectivity index (χ1n) is 16.1. The van der Waals surface area contributed by atoms with Crippen molar-refractivity contribution < 1.29 is 43.5 Å². The van der Waals surface area contributed by atoms with Gasteiger partial charge in [-0.25, -0.2) is 4.79 Å². The largest absolute Gasteiger partial charge is 0.507 e. The standard InChI is InChI=1S/C35H35NO7.2C2H6O.C2H6/c1-9-21-11-25(30(41-6)14-27(21)36)33-18(3)32(23-13-24(35(40)43-8)29(39)10-17(23)2)19(4)34(20(33)5)26-12-22(16-37)28(38)15-31(26)42-7;2*1-3-2;1-2/h9-16,38-39H,1,36H2,2-8H3;2*1-2H3;1-2H3. The molecule has 276 valence electrons. The molecule has 0 spiro atoms. The van der Waals surface area contributed by atoms with Crippen LogP contribution in [0.5, 0.6) is 23.0 Å². The maximum Gasteiger partial charge on any atom is 0.341 e. The molecule has 4 aromatic carbocycles. The summed E-state index contributed by atoms with van der Waals surface area (Å²) < 4.78 is 24.9. The molecule has 0 saturated carbocycles. The first-order valence-corrected chi connectivity index (χ1v) is 16.1. The fourth-order valence-corrected chi connectivity index (χ4v) is 5.86. The minimum atomic E-state index is -0.673. The van der Waals surface area contributed by atoms with Crippen molar-refractivity contribution in [3.8, 4) is 56.4 Å². The number of hydrogen-bond acceptors (Lipinski definition) is 10. The van der Waals surface area contributed by atoms with E-state index in [1.807, 2.05) is 47.6 Å². The highest BCUT2D eigenvalue weighted by Crippen LogP contribution is 2.50. The van der Waals surface area contributed by atoms with Gasteiger partial charge in [-0.15, -0.1) is 0 Å². The predicted octanol–water partition coefficient (Wildman–Crippen LogP) is 8.73. The summed E-state index contributed by atoms with van der Waals surface area (Å²) in [6.45, 7) is 15.7. The number of nitrogen functional groups attached to an aromatic ring is 1. The normalized spacial score (nSPS) is 9.90. The molecule has 0 atom stereocenters. The molecule has 51 heavy (non-hydrogen) atoms. The molecule has 10 nitrogen and oxygen atoms in total. The molecule has 0 bridgehead atoms. The summed E-state index contributed by atoms with van der Waals surface area (Å²) >= 11 is 0. The number of aldehydes is 1. The van der Waals surface area contributed by atoms with Crippen molar-refractivity contribution in [3.05, 3.63) is 81.9 Å². The quantitative estimate of drug-likeness (QED) is 0.0925. The second-order valence-corrected chi connectivity index (χ2v) is 11.1. The third kappa shape index (κ3) is 9.48. The third-order valence-corrected chi connectivity index (χ3v) is 7.91. The van der Waals surface area contributed by atoms with Crippen LogP contribution in [0.1, 0.15) is 62.4 Å². The van der Waals surface area contributed by atoms with Crippen LogP contribution in [0.2, 0.25) is 0 Å². The van der Waals surface area contributed by atoms with Gasteiger partial charge in [-0.05, 0) is 102 Å². The number of nitrogens with two attached hydrogens (primary N) is 1. The molecule has 0 aliphatic heterocycles. The molecule has 4 rings (SSSR count). The van der Waals surface area contributed by atoms with E-state index in [1.54, 1.807) is 59.8 Å². The van der Waals surface area contributed by atoms with E-state index < -0.39 is 5.97 Å². The Kier molecular flexibility index (Phi) is 17.5. The molecule has 0 unspecified atom stereocenters. The molecule has 0 fully saturated rings. The monoisotopic (exact) mass is 703 g/mol. The molecule has 0 aromatic heterocycles. The van der Waals surface area contributed by atoms with Gasteiger partial charge in [0.05, 0.1) is 26.9 Å². The topological polar surface area (TPSA) is 147 Å². The van der Waals surface area contributed by atoms with Gasteiger partial charge >= 0.3 is 5.97 Å². The minimum Gasteiger partial charge on any atom is -0.507 e. The molecule has 0 heterocycles. The lowest BCUT2D eigenvalue weighted by Crippen LogP contribution is -2.06. The van der Waals surface area contributed by atoms with Gasteiger partial charge in [-0.3, -0.25) is 4.79 Å². The summed E-state index contributed by atoms with van der Waals surface area (Å²) in [5.74, 6) is -0.162. The third-order valence-electron chi connectivity index (χ3n) is 7.91. The molecule has 0 aliphatic carbocycles. The predicted molar refractivity (Wildman–Crippen MR) is 207 cm³/mol. The zero-order chi connectivity index (χ0) is 39.2. The van der Waals surface area contributed by atoms with Crippen molar-refractivity contribution >= 4 is 24.0 Å². The summed E-state index contributed by atoms with van der Waals surface area (Å²) in [7, 11) is 10.8. The number of carbonyl (C=O) groups excluding carboxylic acids is 2. The van der Waals surface area contributed by atoms with Crippen LogP contribution in [0.15, 0.2) is 43.0 Å². The Morgan fingerprint density at radius 3 is 1.51 bits per heavy atom. The first kappa shape index (κ1) is 43.7. The molecule has 0 radical (unpaired) electrons. The molecule has 0 amide bonds. The van der Waals surface area contributed by atoms with Crippen LogP contribution < -0.4 is 15.2 Å². The van der Waals surface area contributed by atoms with E-state index in [-0.39, 0.29) is 22.6 Å². The fourth-order valence-electron chi connectivity index (χ4n) is 5.86. The summed E-state index contributed by atoms with van der Waals surface area (Å²) in [5, 5.41) is 21.0. The number of anilines is 1. The van der Waals surface area contributed by atoms with E-state index in [0.29, 0.717) is 34.6 Å². The second kappa shape index (κ2) is 20.4. The van der Waals surface area contributed by atoms with Crippen LogP contribution >= 0.6 is 0 Å². The van der Waals surface area contributed by atoms with Gasteiger partial charge in [0.1, 0.15) is 28.6 Å². The Morgan fingerprint density at radius 2 is 1.10 bits per heavy atom. The Morgan fingerprint density at radius 1 is 0.667 bits per heavy atom. The van der Waals surface area contributed by atoms with Gasteiger partial charge in [0.15, 0.2) is 6.29 Å². The van der Waals surface area contributed by atoms with Gasteiger partial charge in [-0.2, -0.15) is 0 Å². The Labute approximate surface area is 302 Å². The molecule has 4 N–H and O–H groups in total. The summed E-state index contributed by atoms with van der Waals surface area (Å²) in [4.78, 5) is 24.5. The van der Waals surface area contributed by atoms with Gasteiger partial charge in [0.25, 0.3) is 0 Å². The number of carbonyl (C=O) groups is 2. The highest BCUT2D eigenvalue weighted by Gasteiger charge is 2.27. The molecule has 0 aliphatic rings. The number of hydrogen-bond donors (Lipinski definition) is 3. The maximum atomic E-state index is 12.6. The van der Waals surface area contributed by atoms with Gasteiger partial charge < -0.3 is 39.6 Å². The lowest BCUT2D eigenvalue weighted by atomic mass is 9.79. The van der Waals surface area contributed by atoms with Gasteiger partial charge in [0, 0.05) is 57.4 Å². The van der Waals surface area contributed by atoms with Crippen molar-refractivity contribution in [1.82, 2.24) is 0 Å². The highest BCUT2D eigenvalue weighted by molar-refractivity contribution is 5.99. The van der Waals surface area contributed by atoms with Crippen LogP contribution in [-0.2, 0) is 14.2 Å². The smallest absolute Gasteiger partial charge is 0.341 e. The fraction of sp³-hybridized carbons (Fsp3) is 0.317. The Bertz CT molecular complexity index is 1750. The number of rotatable bonds is 8. The maximum absolute atomic E-state index is 12.6. The van der Waals surface area contributed by atoms with E-state index in [9.17, 15) is 19.8 Å². The number of methoxy groups -OCH3 is 5. The van der Waals surface area contributed by atoms with Gasteiger partial charge in [0.2, 0.25) is 0 Å². The van der Waals surface area contributed by atoms with Gasteiger partial charge in [-0.1, -0.05) is 26.5 Å². The summed E-state index contributed by atoms with van der Waals surface area (Å²) in [6, 6.07) is 9.82. The average molecular weight is 704 g/mol. The van der Waals surface area contributed by atoms with Crippen LogP contribution in [0.25, 0.3) is 39.5 Å². The van der Waals surface area contributed by atoms with E-state index in [1.165, 1.54) is 26.4 Å². The lowest BCUT2D eigenvalue weighted by Gasteiger charge is -2.26. The van der Waals surface area contributed by atoms with Crippen LogP contribution in [0.3, 0.4) is 0 Å². The van der Waals surface area contributed by atoms with Crippen molar-refractivity contribution in [2.24, 2.45) is 0 Å². The first-order chi connectivity index (χ1) is 24.3. The van der Waals surface area contributed by atoms with Crippen molar-refractivity contribution in [3.63, 3.8) is 0 Å². The number of phenolic OH excluding ortho intramolecular Hbond substituents is 2. The van der Waals surface area contributed by atoms with E-state index in [0.717, 1.165) is 50.1 Å². The summed E-state index contributed by atoms with van der Waals surface area (Å²) in [6.07, 6.45) is 2.26. The van der Waals surface area contributed by atoms with Crippen molar-refractivity contribution in [2.45, 2.75) is 41.5 Å². The molecule has 0 saturated heterocycles. The number of phenols is 2. The van der Waals surface area contributed by atoms with Crippen LogP contribution in [-0.4, -0.2) is 72.2 Å². The molecule has 4 aromatic rings.